The molecule has 2 rings (SSSR count). The van der Waals surface area contributed by atoms with Crippen molar-refractivity contribution in [1.82, 2.24) is 4.98 Å². The molecule has 0 amide bonds. The number of hydrogen-bond acceptors (Lipinski definition) is 1. The Morgan fingerprint density at radius 3 is 2.67 bits per heavy atom. The van der Waals surface area contributed by atoms with Gasteiger partial charge in [0.05, 0.1) is 0 Å². The van der Waals surface area contributed by atoms with E-state index in [-0.39, 0.29) is 0 Å². The molecule has 1 heterocycles. The predicted molar refractivity (Wildman–Crippen MR) is 49.9 cm³/mol. The average molecular weight is 159 g/mol. The molecule has 1 aliphatic rings. The molecular formula is C11H13N. The van der Waals surface area contributed by atoms with Crippen molar-refractivity contribution >= 4 is 0 Å². The van der Waals surface area contributed by atoms with Gasteiger partial charge in [-0.2, -0.15) is 0 Å². The van der Waals surface area contributed by atoms with Crippen molar-refractivity contribution < 1.29 is 0 Å². The highest BCUT2D eigenvalue weighted by atomic mass is 14.6. The van der Waals surface area contributed by atoms with Crippen molar-refractivity contribution in [1.29, 1.82) is 0 Å². The van der Waals surface area contributed by atoms with Gasteiger partial charge in [0.1, 0.15) is 0 Å². The van der Waals surface area contributed by atoms with Crippen LogP contribution in [0.15, 0.2) is 36.7 Å². The predicted octanol–water partition coefficient (Wildman–Crippen LogP) is 2.76. The van der Waals surface area contributed by atoms with Crippen LogP contribution in [0.5, 0.6) is 0 Å². The van der Waals surface area contributed by atoms with Gasteiger partial charge in [0.25, 0.3) is 0 Å². The van der Waals surface area contributed by atoms with Crippen LogP contribution in [0, 0.1) is 5.92 Å². The van der Waals surface area contributed by atoms with Gasteiger partial charge >= 0.3 is 0 Å². The molecule has 0 radical (unpaired) electrons. The third-order valence-electron chi connectivity index (χ3n) is 2.56. The summed E-state index contributed by atoms with van der Waals surface area (Å²) in [6.45, 7) is 6.09. The fourth-order valence-electron chi connectivity index (χ4n) is 1.72. The Kier molecular flexibility index (Phi) is 1.72. The Hall–Kier alpha value is -1.11. The summed E-state index contributed by atoms with van der Waals surface area (Å²) in [5.41, 5.74) is 2.73. The van der Waals surface area contributed by atoms with Crippen LogP contribution in [-0.4, -0.2) is 4.98 Å². The summed E-state index contributed by atoms with van der Waals surface area (Å²) in [5, 5.41) is 0. The van der Waals surface area contributed by atoms with Crippen LogP contribution in [0.25, 0.3) is 0 Å². The smallest absolute Gasteiger partial charge is 0.0270 e. The molecule has 1 aromatic heterocycles. The topological polar surface area (TPSA) is 12.9 Å². The second-order valence-corrected chi connectivity index (χ2v) is 3.58. The van der Waals surface area contributed by atoms with Crippen molar-refractivity contribution in [2.45, 2.75) is 19.3 Å². The van der Waals surface area contributed by atoms with Gasteiger partial charge in [0, 0.05) is 12.4 Å². The fourth-order valence-corrected chi connectivity index (χ4v) is 1.72. The van der Waals surface area contributed by atoms with Gasteiger partial charge in [0.2, 0.25) is 0 Å². The van der Waals surface area contributed by atoms with Gasteiger partial charge < -0.3 is 0 Å². The van der Waals surface area contributed by atoms with Gasteiger partial charge in [0.15, 0.2) is 0 Å². The van der Waals surface area contributed by atoms with E-state index in [1.54, 1.807) is 0 Å². The lowest BCUT2D eigenvalue weighted by Gasteiger charge is -1.97. The number of allylic oxidation sites excluding steroid dienone is 1. The van der Waals surface area contributed by atoms with Crippen molar-refractivity contribution in [2.75, 3.05) is 0 Å². The summed E-state index contributed by atoms with van der Waals surface area (Å²) in [5.74, 6) is 1.46. The third-order valence-corrected chi connectivity index (χ3v) is 2.56. The molecule has 1 aromatic rings. The quantitative estimate of drug-likeness (QED) is 0.605. The first kappa shape index (κ1) is 7.53. The molecule has 0 N–H and O–H groups in total. The minimum absolute atomic E-state index is 0.727. The highest BCUT2D eigenvalue weighted by Gasteiger charge is 2.38. The summed E-state index contributed by atoms with van der Waals surface area (Å²) in [6, 6.07) is 4.21. The van der Waals surface area contributed by atoms with Gasteiger partial charge in [-0.05, 0) is 42.9 Å². The average Bonchev–Trinajstić information content (AvgIpc) is 2.84. The minimum Gasteiger partial charge on any atom is -0.265 e. The van der Waals surface area contributed by atoms with Gasteiger partial charge in [-0.25, -0.2) is 0 Å². The van der Waals surface area contributed by atoms with Gasteiger partial charge in [-0.15, -0.1) is 0 Å². The van der Waals surface area contributed by atoms with Crippen molar-refractivity contribution in [2.24, 2.45) is 5.92 Å². The summed E-state index contributed by atoms with van der Waals surface area (Å²) >= 11 is 0. The lowest BCUT2D eigenvalue weighted by atomic mass is 10.1. The normalized spacial score (nSPS) is 26.8. The molecule has 1 nitrogen and oxygen atoms in total. The van der Waals surface area contributed by atoms with Crippen LogP contribution in [0.3, 0.4) is 0 Å². The van der Waals surface area contributed by atoms with Crippen molar-refractivity contribution in [3.05, 3.63) is 42.2 Å². The van der Waals surface area contributed by atoms with E-state index in [9.17, 15) is 0 Å². The van der Waals surface area contributed by atoms with Crippen molar-refractivity contribution in [3.63, 3.8) is 0 Å². The fraction of sp³-hybridized carbons (Fsp3) is 0.364. The second-order valence-electron chi connectivity index (χ2n) is 3.58. The molecule has 2 unspecified atom stereocenters. The Morgan fingerprint density at radius 2 is 2.17 bits per heavy atom. The third kappa shape index (κ3) is 1.27. The molecule has 12 heavy (non-hydrogen) atoms. The standard InChI is InChI=1S/C11H13N/c1-8(2)10-7-11(10)9-3-5-12-6-4-9/h3-6,10-11H,1,7H2,2H3. The highest BCUT2D eigenvalue weighted by molar-refractivity contribution is 5.28. The molecule has 0 aromatic carbocycles. The Bertz CT molecular complexity index is 289. The maximum absolute atomic E-state index is 4.00. The molecular weight excluding hydrogens is 146 g/mol. The number of rotatable bonds is 2. The van der Waals surface area contributed by atoms with Gasteiger partial charge in [-0.1, -0.05) is 12.2 Å². The second kappa shape index (κ2) is 2.74. The maximum Gasteiger partial charge on any atom is 0.0270 e. The number of pyridine rings is 1. The summed E-state index contributed by atoms with van der Waals surface area (Å²) in [6.07, 6.45) is 5.01. The van der Waals surface area contributed by atoms with Crippen LogP contribution in [0.2, 0.25) is 0 Å². The van der Waals surface area contributed by atoms with Crippen LogP contribution >= 0.6 is 0 Å². The number of aromatic nitrogens is 1. The number of nitrogens with zero attached hydrogens (tertiary/aromatic N) is 1. The van der Waals surface area contributed by atoms with Crippen LogP contribution in [0.4, 0.5) is 0 Å². The lowest BCUT2D eigenvalue weighted by molar-refractivity contribution is 0.941. The summed E-state index contributed by atoms with van der Waals surface area (Å²) in [4.78, 5) is 4.00. The first-order valence-corrected chi connectivity index (χ1v) is 4.34. The van der Waals surface area contributed by atoms with E-state index < -0.39 is 0 Å². The molecule has 1 heteroatoms. The molecule has 0 aliphatic heterocycles. The molecule has 1 fully saturated rings. The maximum atomic E-state index is 4.00. The summed E-state index contributed by atoms with van der Waals surface area (Å²) < 4.78 is 0. The van der Waals surface area contributed by atoms with Crippen LogP contribution in [-0.2, 0) is 0 Å². The van der Waals surface area contributed by atoms with Gasteiger partial charge in [-0.3, -0.25) is 4.98 Å². The van der Waals surface area contributed by atoms with E-state index in [1.807, 2.05) is 12.4 Å². The number of hydrogen-bond donors (Lipinski definition) is 0. The zero-order chi connectivity index (χ0) is 8.55. The Morgan fingerprint density at radius 1 is 1.50 bits per heavy atom. The SMILES string of the molecule is C=C(C)C1CC1c1ccncc1. The zero-order valence-corrected chi connectivity index (χ0v) is 7.33. The summed E-state index contributed by atoms with van der Waals surface area (Å²) in [7, 11) is 0. The van der Waals surface area contributed by atoms with E-state index in [1.165, 1.54) is 17.6 Å². The molecule has 1 aliphatic carbocycles. The lowest BCUT2D eigenvalue weighted by Crippen LogP contribution is -1.84. The highest BCUT2D eigenvalue weighted by Crippen LogP contribution is 2.50. The Labute approximate surface area is 73.1 Å². The minimum atomic E-state index is 0.727. The Balaban J connectivity index is 2.11. The van der Waals surface area contributed by atoms with E-state index >= 15 is 0 Å². The first-order valence-electron chi connectivity index (χ1n) is 4.34. The monoisotopic (exact) mass is 159 g/mol. The zero-order valence-electron chi connectivity index (χ0n) is 7.33. The van der Waals surface area contributed by atoms with E-state index in [4.69, 9.17) is 0 Å². The molecule has 0 bridgehead atoms. The molecule has 1 saturated carbocycles. The van der Waals surface area contributed by atoms with Crippen LogP contribution in [0.1, 0.15) is 24.8 Å². The van der Waals surface area contributed by atoms with Crippen molar-refractivity contribution in [3.8, 4) is 0 Å². The molecule has 2 atom stereocenters. The van der Waals surface area contributed by atoms with E-state index in [2.05, 4.69) is 30.6 Å². The van der Waals surface area contributed by atoms with E-state index in [0.717, 1.165) is 11.8 Å². The molecule has 62 valence electrons. The molecule has 0 spiro atoms. The van der Waals surface area contributed by atoms with E-state index in [0.29, 0.717) is 0 Å². The largest absolute Gasteiger partial charge is 0.265 e. The van der Waals surface area contributed by atoms with Crippen LogP contribution < -0.4 is 0 Å². The first-order chi connectivity index (χ1) is 5.79. The molecule has 0 saturated heterocycles.